The first-order chi connectivity index (χ1) is 17.0. The second-order valence-electron chi connectivity index (χ2n) is 7.57. The number of ether oxygens (including phenoxy) is 1. The molecule has 3 aromatic rings. The lowest BCUT2D eigenvalue weighted by molar-refractivity contribution is -0.137. The number of hydrogen-bond acceptors (Lipinski definition) is 7. The van der Waals surface area contributed by atoms with Crippen LogP contribution in [0, 0.1) is 0 Å². The second-order valence-corrected chi connectivity index (χ2v) is 9.12. The average molecular weight is 522 g/mol. The number of amides is 1. The van der Waals surface area contributed by atoms with Gasteiger partial charge in [-0.2, -0.15) is 26.7 Å². The standard InChI is InChI=1S/C24H22F3N3O5S/c1-30(2)19-7-5-8-20(14-19)34-16-23(31)29-28-15-17-6-3-4-9-22(17)35-36(32,33)21-12-10-18(11-13-21)24(25,26)27/h3-15H,16H2,1-2H3,(H,29,31)/b28-15+. The molecule has 0 aliphatic carbocycles. The van der Waals surface area contributed by atoms with Crippen LogP contribution in [-0.4, -0.2) is 41.2 Å². The number of benzene rings is 3. The molecule has 36 heavy (non-hydrogen) atoms. The summed E-state index contributed by atoms with van der Waals surface area (Å²) in [7, 11) is -0.684. The SMILES string of the molecule is CN(C)c1cccc(OCC(=O)N/N=C/c2ccccc2OS(=O)(=O)c2ccc(C(F)(F)F)cc2)c1. The van der Waals surface area contributed by atoms with Gasteiger partial charge in [0.2, 0.25) is 0 Å². The van der Waals surface area contributed by atoms with E-state index >= 15 is 0 Å². The van der Waals surface area contributed by atoms with Crippen LogP contribution in [0.15, 0.2) is 82.8 Å². The maximum Gasteiger partial charge on any atom is 0.416 e. The molecule has 0 radical (unpaired) electrons. The van der Waals surface area contributed by atoms with E-state index in [4.69, 9.17) is 8.92 Å². The zero-order valence-electron chi connectivity index (χ0n) is 19.2. The maximum atomic E-state index is 12.7. The van der Waals surface area contributed by atoms with Gasteiger partial charge in [0.05, 0.1) is 11.8 Å². The number of alkyl halides is 3. The van der Waals surface area contributed by atoms with E-state index in [1.54, 1.807) is 24.3 Å². The van der Waals surface area contributed by atoms with Crippen LogP contribution in [0.1, 0.15) is 11.1 Å². The Morgan fingerprint density at radius 3 is 2.39 bits per heavy atom. The topological polar surface area (TPSA) is 97.3 Å². The normalized spacial score (nSPS) is 11.8. The molecule has 3 rings (SSSR count). The Morgan fingerprint density at radius 1 is 1.03 bits per heavy atom. The van der Waals surface area contributed by atoms with Crippen molar-refractivity contribution in [2.75, 3.05) is 25.6 Å². The Hall–Kier alpha value is -4.06. The molecule has 0 saturated heterocycles. The van der Waals surface area contributed by atoms with Crippen molar-refractivity contribution in [1.29, 1.82) is 0 Å². The van der Waals surface area contributed by atoms with Crippen molar-refractivity contribution in [2.45, 2.75) is 11.1 Å². The van der Waals surface area contributed by atoms with Gasteiger partial charge in [-0.05, 0) is 48.5 Å². The van der Waals surface area contributed by atoms with Gasteiger partial charge < -0.3 is 13.8 Å². The summed E-state index contributed by atoms with van der Waals surface area (Å²) >= 11 is 0. The number of halogens is 3. The predicted octanol–water partition coefficient (Wildman–Crippen LogP) is 4.07. The van der Waals surface area contributed by atoms with E-state index in [2.05, 4.69) is 10.5 Å². The summed E-state index contributed by atoms with van der Waals surface area (Å²) in [6, 6.07) is 16.0. The molecule has 3 aromatic carbocycles. The minimum Gasteiger partial charge on any atom is -0.484 e. The third-order valence-corrected chi connectivity index (χ3v) is 5.93. The fourth-order valence-corrected chi connectivity index (χ4v) is 3.80. The van der Waals surface area contributed by atoms with Crippen molar-refractivity contribution >= 4 is 27.9 Å². The van der Waals surface area contributed by atoms with Crippen molar-refractivity contribution in [1.82, 2.24) is 5.43 Å². The molecular weight excluding hydrogens is 499 g/mol. The van der Waals surface area contributed by atoms with E-state index < -0.39 is 32.7 Å². The lowest BCUT2D eigenvalue weighted by atomic mass is 10.2. The number of carbonyl (C=O) groups is 1. The Morgan fingerprint density at radius 2 is 1.72 bits per heavy atom. The third-order valence-electron chi connectivity index (χ3n) is 4.69. The van der Waals surface area contributed by atoms with Crippen LogP contribution in [0.25, 0.3) is 0 Å². The van der Waals surface area contributed by atoms with Crippen LogP contribution in [0.4, 0.5) is 18.9 Å². The minimum atomic E-state index is -4.60. The number of rotatable bonds is 9. The summed E-state index contributed by atoms with van der Waals surface area (Å²) in [5, 5.41) is 3.79. The molecule has 0 aliphatic rings. The molecule has 0 aromatic heterocycles. The minimum absolute atomic E-state index is 0.132. The molecule has 0 saturated carbocycles. The Bertz CT molecular complexity index is 1340. The van der Waals surface area contributed by atoms with Crippen molar-refractivity contribution in [3.63, 3.8) is 0 Å². The fourth-order valence-electron chi connectivity index (χ4n) is 2.85. The van der Waals surface area contributed by atoms with Crippen molar-refractivity contribution in [2.24, 2.45) is 5.10 Å². The summed E-state index contributed by atoms with van der Waals surface area (Å²) in [5.74, 6) is -0.197. The van der Waals surface area contributed by atoms with Gasteiger partial charge in [0.15, 0.2) is 12.4 Å². The Balaban J connectivity index is 1.63. The van der Waals surface area contributed by atoms with Crippen molar-refractivity contribution < 1.29 is 35.3 Å². The van der Waals surface area contributed by atoms with Gasteiger partial charge in [-0.25, -0.2) is 5.43 Å². The number of hydrogen-bond donors (Lipinski definition) is 1. The van der Waals surface area contributed by atoms with E-state index in [9.17, 15) is 26.4 Å². The molecule has 0 bridgehead atoms. The van der Waals surface area contributed by atoms with Crippen LogP contribution in [0.3, 0.4) is 0 Å². The van der Waals surface area contributed by atoms with Crippen LogP contribution in [0.5, 0.6) is 11.5 Å². The molecule has 8 nitrogen and oxygen atoms in total. The lowest BCUT2D eigenvalue weighted by Gasteiger charge is -2.13. The summed E-state index contributed by atoms with van der Waals surface area (Å²) < 4.78 is 73.8. The molecule has 12 heteroatoms. The van der Waals surface area contributed by atoms with Gasteiger partial charge in [-0.3, -0.25) is 4.79 Å². The molecule has 0 fully saturated rings. The molecule has 190 valence electrons. The second kappa shape index (κ2) is 11.1. The van der Waals surface area contributed by atoms with E-state index in [0.29, 0.717) is 17.9 Å². The summed E-state index contributed by atoms with van der Waals surface area (Å²) in [5.41, 5.74) is 2.38. The van der Waals surface area contributed by atoms with Crippen LogP contribution in [-0.2, 0) is 21.1 Å². The van der Waals surface area contributed by atoms with Crippen LogP contribution in [0.2, 0.25) is 0 Å². The Labute approximate surface area is 206 Å². The third kappa shape index (κ3) is 7.22. The van der Waals surface area contributed by atoms with E-state index in [-0.39, 0.29) is 17.9 Å². The number of carbonyl (C=O) groups excluding carboxylic acids is 1. The predicted molar refractivity (Wildman–Crippen MR) is 128 cm³/mol. The summed E-state index contributed by atoms with van der Waals surface area (Å²) in [6.07, 6.45) is -3.43. The number of nitrogens with zero attached hydrogens (tertiary/aromatic N) is 2. The van der Waals surface area contributed by atoms with Gasteiger partial charge in [-0.15, -0.1) is 0 Å². The smallest absolute Gasteiger partial charge is 0.416 e. The van der Waals surface area contributed by atoms with Gasteiger partial charge >= 0.3 is 16.3 Å². The number of nitrogens with one attached hydrogen (secondary N) is 1. The zero-order chi connectivity index (χ0) is 26.3. The first-order valence-corrected chi connectivity index (χ1v) is 11.8. The number of para-hydroxylation sites is 1. The molecule has 0 spiro atoms. The summed E-state index contributed by atoms with van der Waals surface area (Å²) in [6.45, 7) is -0.311. The monoisotopic (exact) mass is 521 g/mol. The number of hydrazone groups is 1. The van der Waals surface area contributed by atoms with E-state index in [1.807, 2.05) is 25.1 Å². The molecule has 0 heterocycles. The highest BCUT2D eigenvalue weighted by molar-refractivity contribution is 7.87. The van der Waals surface area contributed by atoms with E-state index in [0.717, 1.165) is 17.8 Å². The number of anilines is 1. The molecule has 1 N–H and O–H groups in total. The first kappa shape index (κ1) is 26.5. The van der Waals surface area contributed by atoms with Crippen molar-refractivity contribution in [3.8, 4) is 11.5 Å². The fraction of sp³-hybridized carbons (Fsp3) is 0.167. The molecule has 0 atom stereocenters. The molecule has 0 unspecified atom stereocenters. The van der Waals surface area contributed by atoms with Gasteiger partial charge in [-0.1, -0.05) is 18.2 Å². The average Bonchev–Trinajstić information content (AvgIpc) is 2.83. The van der Waals surface area contributed by atoms with Gasteiger partial charge in [0.25, 0.3) is 5.91 Å². The van der Waals surface area contributed by atoms with Gasteiger partial charge in [0, 0.05) is 31.4 Å². The lowest BCUT2D eigenvalue weighted by Crippen LogP contribution is -2.24. The van der Waals surface area contributed by atoms with Crippen LogP contribution >= 0.6 is 0 Å². The largest absolute Gasteiger partial charge is 0.484 e. The van der Waals surface area contributed by atoms with Crippen molar-refractivity contribution in [3.05, 3.63) is 83.9 Å². The molecule has 0 aliphatic heterocycles. The molecular formula is C24H22F3N3O5S. The zero-order valence-corrected chi connectivity index (χ0v) is 20.0. The highest BCUT2D eigenvalue weighted by atomic mass is 32.2. The van der Waals surface area contributed by atoms with Crippen LogP contribution < -0.4 is 19.2 Å². The molecule has 1 amide bonds. The highest BCUT2D eigenvalue weighted by Crippen LogP contribution is 2.30. The first-order valence-electron chi connectivity index (χ1n) is 10.4. The highest BCUT2D eigenvalue weighted by Gasteiger charge is 2.31. The summed E-state index contributed by atoms with van der Waals surface area (Å²) in [4.78, 5) is 13.5. The van der Waals surface area contributed by atoms with Gasteiger partial charge in [0.1, 0.15) is 10.6 Å². The maximum absolute atomic E-state index is 12.7. The quantitative estimate of drug-likeness (QED) is 0.259. The Kier molecular flexibility index (Phi) is 8.20. The van der Waals surface area contributed by atoms with E-state index in [1.165, 1.54) is 24.4 Å².